The van der Waals surface area contributed by atoms with Crippen LogP contribution in [0, 0.1) is 5.41 Å². The molecule has 204 valence electrons. The summed E-state index contributed by atoms with van der Waals surface area (Å²) in [6.45, 7) is 3.91. The minimum atomic E-state index is -5.08. The van der Waals surface area contributed by atoms with Crippen molar-refractivity contribution in [1.82, 2.24) is 24.8 Å². The molecule has 4 heterocycles. The Balaban J connectivity index is 0.000000426. The lowest BCUT2D eigenvalue weighted by Gasteiger charge is -2.49. The normalized spacial score (nSPS) is 18.7. The third kappa shape index (κ3) is 6.33. The smallest absolute Gasteiger partial charge is 0.490 e. The van der Waals surface area contributed by atoms with Crippen LogP contribution in [0.4, 0.5) is 13.2 Å². The Kier molecular flexibility index (Phi) is 8.36. The lowest BCUT2D eigenvalue weighted by atomic mass is 9.68. The van der Waals surface area contributed by atoms with E-state index in [4.69, 9.17) is 14.6 Å². The first kappa shape index (κ1) is 27.6. The molecule has 1 aromatic carbocycles. The molecule has 2 aromatic heterocycles. The lowest BCUT2D eigenvalue weighted by molar-refractivity contribution is -0.192. The second kappa shape index (κ2) is 11.5. The number of likely N-dealkylation sites (tertiary alicyclic amines) is 1. The molecule has 38 heavy (non-hydrogen) atoms. The van der Waals surface area contributed by atoms with Crippen LogP contribution in [0.15, 0.2) is 47.5 Å². The number of hydrogen-bond donors (Lipinski definition) is 2. The Bertz CT molecular complexity index is 1220. The number of nitrogens with zero attached hydrogens (tertiary/aromatic N) is 4. The van der Waals surface area contributed by atoms with Crippen molar-refractivity contribution in [3.05, 3.63) is 64.6 Å². The molecule has 0 aliphatic carbocycles. The summed E-state index contributed by atoms with van der Waals surface area (Å²) in [6.07, 6.45) is 1.91. The Morgan fingerprint density at radius 3 is 2.39 bits per heavy atom. The number of nitrogens with one attached hydrogen (secondary N) is 1. The number of carboxylic acids is 1. The number of carbonyl (C=O) groups is 2. The second-order valence-electron chi connectivity index (χ2n) is 9.30. The van der Waals surface area contributed by atoms with Crippen LogP contribution >= 0.6 is 11.3 Å². The number of piperidine rings is 1. The van der Waals surface area contributed by atoms with Crippen LogP contribution in [0.25, 0.3) is 0 Å². The fourth-order valence-corrected chi connectivity index (χ4v) is 5.50. The number of imidazole rings is 1. The van der Waals surface area contributed by atoms with Gasteiger partial charge in [-0.1, -0.05) is 12.1 Å². The number of benzene rings is 1. The molecule has 0 radical (unpaired) electrons. The van der Waals surface area contributed by atoms with Crippen LogP contribution in [0.3, 0.4) is 0 Å². The van der Waals surface area contributed by atoms with E-state index in [1.54, 1.807) is 18.0 Å². The minimum absolute atomic E-state index is 0.0312. The second-order valence-corrected chi connectivity index (χ2v) is 10.0. The zero-order valence-electron chi connectivity index (χ0n) is 20.6. The molecule has 9 nitrogen and oxygen atoms in total. The highest BCUT2D eigenvalue weighted by Crippen LogP contribution is 2.48. The molecule has 0 bridgehead atoms. The molecule has 1 fully saturated rings. The predicted molar refractivity (Wildman–Crippen MR) is 133 cm³/mol. The summed E-state index contributed by atoms with van der Waals surface area (Å²) < 4.78 is 39.2. The fourth-order valence-electron chi connectivity index (χ4n) is 4.96. The maximum absolute atomic E-state index is 12.9. The molecule has 5 rings (SSSR count). The standard InChI is InChI=1S/C23H27N5O2S.C2HF3O2/c1-30-18-4-2-17(3-5-18)14-27-10-6-23(7-11-27)8-12-28-13-9-24-21(28)20(23)26-22(29)19-15-31-16-25-19;3-2(4,5)1(6)7/h2-5,9,13,15-16,20H,6-8,10-12,14H2,1H3,(H,26,29);(H,6,7). The number of carbonyl (C=O) groups excluding carboxylic acids is 1. The van der Waals surface area contributed by atoms with E-state index >= 15 is 0 Å². The third-order valence-corrected chi connectivity index (χ3v) is 7.66. The van der Waals surface area contributed by atoms with Crippen molar-refractivity contribution in [2.75, 3.05) is 20.2 Å². The Morgan fingerprint density at radius 1 is 1.16 bits per heavy atom. The molecular weight excluding hydrogens is 523 g/mol. The Labute approximate surface area is 221 Å². The van der Waals surface area contributed by atoms with Crippen molar-refractivity contribution >= 4 is 23.2 Å². The van der Waals surface area contributed by atoms with Crippen molar-refractivity contribution in [2.45, 2.75) is 44.6 Å². The van der Waals surface area contributed by atoms with E-state index < -0.39 is 12.1 Å². The predicted octanol–water partition coefficient (Wildman–Crippen LogP) is 4.14. The van der Waals surface area contributed by atoms with Crippen molar-refractivity contribution in [2.24, 2.45) is 5.41 Å². The van der Waals surface area contributed by atoms with Gasteiger partial charge in [-0.15, -0.1) is 11.3 Å². The number of halogens is 3. The molecule has 1 atom stereocenters. The highest BCUT2D eigenvalue weighted by atomic mass is 32.1. The number of thiazole rings is 1. The van der Waals surface area contributed by atoms with Gasteiger partial charge >= 0.3 is 12.1 Å². The molecule has 2 N–H and O–H groups in total. The Hall–Kier alpha value is -3.45. The first-order valence-corrected chi connectivity index (χ1v) is 12.9. The summed E-state index contributed by atoms with van der Waals surface area (Å²) in [4.78, 5) is 33.1. The van der Waals surface area contributed by atoms with Crippen LogP contribution in [-0.2, 0) is 17.9 Å². The van der Waals surface area contributed by atoms with Gasteiger partial charge in [0, 0.05) is 36.3 Å². The third-order valence-electron chi connectivity index (χ3n) is 7.07. The first-order valence-electron chi connectivity index (χ1n) is 12.0. The van der Waals surface area contributed by atoms with Crippen LogP contribution in [0.1, 0.15) is 47.2 Å². The molecule has 0 saturated carbocycles. The van der Waals surface area contributed by atoms with Gasteiger partial charge in [-0.2, -0.15) is 13.2 Å². The van der Waals surface area contributed by atoms with Crippen molar-refractivity contribution in [3.8, 4) is 5.75 Å². The summed E-state index contributed by atoms with van der Waals surface area (Å²) in [6, 6.07) is 8.22. The number of alkyl halides is 3. The summed E-state index contributed by atoms with van der Waals surface area (Å²) in [5.41, 5.74) is 3.51. The maximum atomic E-state index is 12.9. The first-order chi connectivity index (χ1) is 18.1. The van der Waals surface area contributed by atoms with Crippen LogP contribution in [0.5, 0.6) is 5.75 Å². The highest BCUT2D eigenvalue weighted by Gasteiger charge is 2.47. The van der Waals surface area contributed by atoms with E-state index in [0.29, 0.717) is 5.69 Å². The molecule has 1 saturated heterocycles. The zero-order valence-corrected chi connectivity index (χ0v) is 21.5. The van der Waals surface area contributed by atoms with E-state index in [1.165, 1.54) is 16.9 Å². The minimum Gasteiger partial charge on any atom is -0.497 e. The van der Waals surface area contributed by atoms with Gasteiger partial charge in [0.15, 0.2) is 0 Å². The number of aliphatic carboxylic acids is 1. The number of methoxy groups -OCH3 is 1. The number of hydrogen-bond acceptors (Lipinski definition) is 7. The van der Waals surface area contributed by atoms with E-state index in [2.05, 4.69) is 36.9 Å². The van der Waals surface area contributed by atoms with Crippen molar-refractivity contribution < 1.29 is 32.6 Å². The topological polar surface area (TPSA) is 110 Å². The number of carboxylic acid groups (broad SMARTS) is 1. The molecule has 3 aromatic rings. The number of amides is 1. The number of fused-ring (bicyclic) bond motifs is 1. The van der Waals surface area contributed by atoms with E-state index in [1.807, 2.05) is 24.5 Å². The van der Waals surface area contributed by atoms with Gasteiger partial charge in [-0.05, 0) is 50.0 Å². The molecule has 2 aliphatic heterocycles. The van der Waals surface area contributed by atoms with Gasteiger partial charge in [0.1, 0.15) is 17.3 Å². The molecule has 1 amide bonds. The maximum Gasteiger partial charge on any atom is 0.490 e. The number of aryl methyl sites for hydroxylation is 1. The molecule has 1 unspecified atom stereocenters. The largest absolute Gasteiger partial charge is 0.497 e. The number of aromatic nitrogens is 3. The SMILES string of the molecule is COc1ccc(CN2CCC3(CC2)CCn2ccnc2C3NC(=O)c2cscn2)cc1.O=C(O)C(F)(F)F. The summed E-state index contributed by atoms with van der Waals surface area (Å²) in [5.74, 6) is -1.01. The zero-order chi connectivity index (χ0) is 27.3. The van der Waals surface area contributed by atoms with Gasteiger partial charge < -0.3 is 19.7 Å². The molecular formula is C25H28F3N5O4S. The van der Waals surface area contributed by atoms with Crippen molar-refractivity contribution in [3.63, 3.8) is 0 Å². The van der Waals surface area contributed by atoms with Crippen LogP contribution < -0.4 is 10.1 Å². The average Bonchev–Trinajstić information content (AvgIpc) is 3.60. The Morgan fingerprint density at radius 2 is 1.82 bits per heavy atom. The summed E-state index contributed by atoms with van der Waals surface area (Å²) >= 11 is 1.44. The van der Waals surface area contributed by atoms with E-state index in [0.717, 1.165) is 57.0 Å². The molecule has 13 heteroatoms. The van der Waals surface area contributed by atoms with E-state index in [-0.39, 0.29) is 17.4 Å². The summed E-state index contributed by atoms with van der Waals surface area (Å²) in [7, 11) is 1.69. The molecule has 1 spiro atoms. The van der Waals surface area contributed by atoms with Gasteiger partial charge in [-0.25, -0.2) is 14.8 Å². The number of rotatable bonds is 5. The average molecular weight is 552 g/mol. The van der Waals surface area contributed by atoms with Crippen molar-refractivity contribution in [1.29, 1.82) is 0 Å². The van der Waals surface area contributed by atoms with Crippen LogP contribution in [-0.4, -0.2) is 62.8 Å². The van der Waals surface area contributed by atoms with Gasteiger partial charge in [0.25, 0.3) is 5.91 Å². The number of ether oxygens (including phenoxy) is 1. The monoisotopic (exact) mass is 551 g/mol. The van der Waals surface area contributed by atoms with Crippen LogP contribution in [0.2, 0.25) is 0 Å². The van der Waals surface area contributed by atoms with E-state index in [9.17, 15) is 18.0 Å². The fraction of sp³-hybridized carbons (Fsp3) is 0.440. The molecule has 2 aliphatic rings. The van der Waals surface area contributed by atoms with Gasteiger partial charge in [0.05, 0.1) is 18.7 Å². The lowest BCUT2D eigenvalue weighted by Crippen LogP contribution is -2.51. The van der Waals surface area contributed by atoms with Gasteiger partial charge in [-0.3, -0.25) is 9.69 Å². The quantitative estimate of drug-likeness (QED) is 0.491. The summed E-state index contributed by atoms with van der Waals surface area (Å²) in [5, 5.41) is 12.2. The van der Waals surface area contributed by atoms with Gasteiger partial charge in [0.2, 0.25) is 0 Å². The highest BCUT2D eigenvalue weighted by molar-refractivity contribution is 7.07.